The first-order chi connectivity index (χ1) is 14.8. The molecule has 1 saturated heterocycles. The molecule has 164 valence electrons. The van der Waals surface area contributed by atoms with Crippen LogP contribution in [0.15, 0.2) is 41.0 Å². The molecule has 2 aromatic rings. The summed E-state index contributed by atoms with van der Waals surface area (Å²) in [4.78, 5) is 48.9. The normalized spacial score (nSPS) is 16.6. The summed E-state index contributed by atoms with van der Waals surface area (Å²) >= 11 is 0. The zero-order chi connectivity index (χ0) is 22.5. The molecule has 1 aliphatic rings. The SMILES string of the molecule is COc1ccc([N+](=O)[O-])cc1NC(=O)[C@H](C)OC(=O)[C@@H]1CC(=O)N(Cc2ccco2)C1. The highest BCUT2D eigenvalue weighted by atomic mass is 16.6. The van der Waals surface area contributed by atoms with Crippen LogP contribution in [0.3, 0.4) is 0 Å². The molecule has 1 aromatic carbocycles. The number of esters is 1. The third kappa shape index (κ3) is 5.18. The van der Waals surface area contributed by atoms with Gasteiger partial charge in [-0.3, -0.25) is 24.5 Å². The molecule has 31 heavy (non-hydrogen) atoms. The van der Waals surface area contributed by atoms with Crippen molar-refractivity contribution in [3.05, 3.63) is 52.5 Å². The molecule has 3 rings (SSSR count). The number of nitrogens with one attached hydrogen (secondary N) is 1. The molecular formula is C20H21N3O8. The van der Waals surface area contributed by atoms with Gasteiger partial charge in [0.25, 0.3) is 11.6 Å². The fourth-order valence-corrected chi connectivity index (χ4v) is 3.14. The Bertz CT molecular complexity index is 988. The molecule has 0 spiro atoms. The Labute approximate surface area is 177 Å². The lowest BCUT2D eigenvalue weighted by Gasteiger charge is -2.17. The van der Waals surface area contributed by atoms with E-state index in [0.717, 1.165) is 6.07 Å². The number of non-ortho nitro benzene ring substituents is 1. The van der Waals surface area contributed by atoms with Gasteiger partial charge in [-0.2, -0.15) is 0 Å². The van der Waals surface area contributed by atoms with E-state index in [1.807, 2.05) is 0 Å². The predicted molar refractivity (Wildman–Crippen MR) is 106 cm³/mol. The number of furan rings is 1. The number of nitro groups is 1. The standard InChI is InChI=1S/C20H21N3O8/c1-12(19(25)21-16-9-14(23(27)28)5-6-17(16)29-2)31-20(26)13-8-18(24)22(10-13)11-15-4-3-7-30-15/h3-7,9,12-13H,8,10-11H2,1-2H3,(H,21,25)/t12-,13+/m0/s1. The maximum Gasteiger partial charge on any atom is 0.312 e. The Kier molecular flexibility index (Phi) is 6.53. The van der Waals surface area contributed by atoms with Gasteiger partial charge < -0.3 is 24.1 Å². The number of hydrogen-bond acceptors (Lipinski definition) is 8. The first-order valence-electron chi connectivity index (χ1n) is 9.42. The van der Waals surface area contributed by atoms with Gasteiger partial charge in [0.2, 0.25) is 5.91 Å². The highest BCUT2D eigenvalue weighted by Gasteiger charge is 2.37. The minimum atomic E-state index is -1.19. The quantitative estimate of drug-likeness (QED) is 0.381. The summed E-state index contributed by atoms with van der Waals surface area (Å²) in [5.41, 5.74) is -0.160. The highest BCUT2D eigenvalue weighted by Crippen LogP contribution is 2.29. The number of hydrogen-bond donors (Lipinski definition) is 1. The highest BCUT2D eigenvalue weighted by molar-refractivity contribution is 5.97. The lowest BCUT2D eigenvalue weighted by molar-refractivity contribution is -0.384. The number of anilines is 1. The summed E-state index contributed by atoms with van der Waals surface area (Å²) in [5.74, 6) is -1.47. The number of nitro benzene ring substituents is 1. The Morgan fingerprint density at radius 1 is 1.39 bits per heavy atom. The second-order valence-electron chi connectivity index (χ2n) is 6.96. The van der Waals surface area contributed by atoms with Crippen LogP contribution in [0.5, 0.6) is 5.75 Å². The van der Waals surface area contributed by atoms with Crippen LogP contribution in [-0.4, -0.2) is 47.4 Å². The van der Waals surface area contributed by atoms with Crippen LogP contribution in [0.1, 0.15) is 19.1 Å². The summed E-state index contributed by atoms with van der Waals surface area (Å²) in [6, 6.07) is 7.17. The number of nitrogens with zero attached hydrogens (tertiary/aromatic N) is 2. The Hall–Kier alpha value is -3.89. The van der Waals surface area contributed by atoms with Crippen molar-refractivity contribution in [2.75, 3.05) is 19.0 Å². The van der Waals surface area contributed by atoms with Gasteiger partial charge in [-0.1, -0.05) is 0 Å². The van der Waals surface area contributed by atoms with Gasteiger partial charge in [-0.05, 0) is 25.1 Å². The first-order valence-corrected chi connectivity index (χ1v) is 9.42. The van der Waals surface area contributed by atoms with E-state index in [1.54, 1.807) is 12.1 Å². The minimum Gasteiger partial charge on any atom is -0.495 e. The van der Waals surface area contributed by atoms with Crippen LogP contribution in [0.25, 0.3) is 0 Å². The van der Waals surface area contributed by atoms with Crippen LogP contribution in [0.2, 0.25) is 0 Å². The second kappa shape index (κ2) is 9.28. The van der Waals surface area contributed by atoms with Crippen LogP contribution < -0.4 is 10.1 Å². The zero-order valence-electron chi connectivity index (χ0n) is 16.9. The van der Waals surface area contributed by atoms with E-state index in [0.29, 0.717) is 5.76 Å². The number of rotatable bonds is 8. The fourth-order valence-electron chi connectivity index (χ4n) is 3.14. The van der Waals surface area contributed by atoms with Crippen molar-refractivity contribution in [1.82, 2.24) is 4.90 Å². The third-order valence-electron chi connectivity index (χ3n) is 4.79. The number of methoxy groups -OCH3 is 1. The van der Waals surface area contributed by atoms with Crippen molar-refractivity contribution in [2.45, 2.75) is 26.0 Å². The zero-order valence-corrected chi connectivity index (χ0v) is 16.9. The Balaban J connectivity index is 1.58. The van der Waals surface area contributed by atoms with Crippen molar-refractivity contribution >= 4 is 29.2 Å². The molecule has 2 atom stereocenters. The number of benzene rings is 1. The van der Waals surface area contributed by atoms with Crippen molar-refractivity contribution in [1.29, 1.82) is 0 Å². The molecular weight excluding hydrogens is 410 g/mol. The van der Waals surface area contributed by atoms with E-state index in [-0.39, 0.29) is 42.5 Å². The summed E-state index contributed by atoms with van der Waals surface area (Å²) in [5, 5.41) is 13.4. The van der Waals surface area contributed by atoms with E-state index in [2.05, 4.69) is 5.32 Å². The number of likely N-dealkylation sites (tertiary alicyclic amines) is 1. The van der Waals surface area contributed by atoms with Gasteiger partial charge in [0.15, 0.2) is 6.10 Å². The molecule has 0 aliphatic carbocycles. The Morgan fingerprint density at radius 2 is 2.16 bits per heavy atom. The number of carbonyl (C=O) groups is 3. The van der Waals surface area contributed by atoms with Crippen molar-refractivity contribution in [2.24, 2.45) is 5.92 Å². The van der Waals surface area contributed by atoms with Gasteiger partial charge in [-0.15, -0.1) is 0 Å². The van der Waals surface area contributed by atoms with Gasteiger partial charge in [-0.25, -0.2) is 0 Å². The van der Waals surface area contributed by atoms with Gasteiger partial charge in [0.05, 0.1) is 36.4 Å². The van der Waals surface area contributed by atoms with Crippen molar-refractivity contribution in [3.8, 4) is 5.75 Å². The molecule has 0 bridgehead atoms. The number of amides is 2. The molecule has 2 amide bonds. The lowest BCUT2D eigenvalue weighted by Crippen LogP contribution is -2.33. The van der Waals surface area contributed by atoms with Gasteiger partial charge >= 0.3 is 5.97 Å². The van der Waals surface area contributed by atoms with Crippen molar-refractivity contribution < 1.29 is 33.2 Å². The topological polar surface area (TPSA) is 141 Å². The molecule has 2 heterocycles. The maximum absolute atomic E-state index is 12.5. The maximum atomic E-state index is 12.5. The van der Waals surface area contributed by atoms with E-state index in [4.69, 9.17) is 13.9 Å². The third-order valence-corrected chi connectivity index (χ3v) is 4.79. The molecule has 0 unspecified atom stereocenters. The molecule has 1 fully saturated rings. The molecule has 1 aliphatic heterocycles. The predicted octanol–water partition coefficient (Wildman–Crippen LogP) is 2.12. The van der Waals surface area contributed by atoms with E-state index in [1.165, 1.54) is 37.3 Å². The molecule has 0 radical (unpaired) electrons. The minimum absolute atomic E-state index is 0.0212. The summed E-state index contributed by atoms with van der Waals surface area (Å²) < 4.78 is 15.5. The van der Waals surface area contributed by atoms with E-state index >= 15 is 0 Å². The van der Waals surface area contributed by atoms with Gasteiger partial charge in [0.1, 0.15) is 11.5 Å². The molecule has 11 heteroatoms. The van der Waals surface area contributed by atoms with E-state index in [9.17, 15) is 24.5 Å². The summed E-state index contributed by atoms with van der Waals surface area (Å²) in [6.07, 6.45) is 0.288. The summed E-state index contributed by atoms with van der Waals surface area (Å²) in [7, 11) is 1.35. The molecule has 1 N–H and O–H groups in total. The lowest BCUT2D eigenvalue weighted by atomic mass is 10.1. The Morgan fingerprint density at radius 3 is 2.81 bits per heavy atom. The first kappa shape index (κ1) is 21.8. The average Bonchev–Trinajstić information content (AvgIpc) is 3.38. The van der Waals surface area contributed by atoms with Crippen LogP contribution in [-0.2, 0) is 25.7 Å². The molecule has 0 saturated carbocycles. The van der Waals surface area contributed by atoms with Crippen LogP contribution >= 0.6 is 0 Å². The smallest absolute Gasteiger partial charge is 0.312 e. The summed E-state index contributed by atoms with van der Waals surface area (Å²) in [6.45, 7) is 1.78. The van der Waals surface area contributed by atoms with Crippen LogP contribution in [0.4, 0.5) is 11.4 Å². The number of carbonyl (C=O) groups excluding carboxylic acids is 3. The second-order valence-corrected chi connectivity index (χ2v) is 6.96. The van der Waals surface area contributed by atoms with Gasteiger partial charge in [0, 0.05) is 25.1 Å². The van der Waals surface area contributed by atoms with E-state index < -0.39 is 28.8 Å². The monoisotopic (exact) mass is 431 g/mol. The largest absolute Gasteiger partial charge is 0.495 e. The average molecular weight is 431 g/mol. The molecule has 1 aromatic heterocycles. The molecule has 11 nitrogen and oxygen atoms in total. The number of ether oxygens (including phenoxy) is 2. The van der Waals surface area contributed by atoms with Crippen molar-refractivity contribution in [3.63, 3.8) is 0 Å². The van der Waals surface area contributed by atoms with Crippen LogP contribution in [0, 0.1) is 16.0 Å². The fraction of sp³-hybridized carbons (Fsp3) is 0.350.